The number of benzene rings is 10. The van der Waals surface area contributed by atoms with Gasteiger partial charge in [0.2, 0.25) is 0 Å². The smallest absolute Gasteiger partial charge is 0.0622 e. The van der Waals surface area contributed by atoms with Crippen molar-refractivity contribution in [1.29, 1.82) is 0 Å². The van der Waals surface area contributed by atoms with Gasteiger partial charge in [0.15, 0.2) is 0 Å². The van der Waals surface area contributed by atoms with E-state index in [4.69, 9.17) is 0 Å². The molecule has 4 aliphatic carbocycles. The summed E-state index contributed by atoms with van der Waals surface area (Å²) < 4.78 is 2.15. The second-order valence-corrected chi connectivity index (χ2v) is 20.3. The highest BCUT2D eigenvalue weighted by Gasteiger charge is 2.54. The summed E-state index contributed by atoms with van der Waals surface area (Å²) in [5, 5.41) is 0. The van der Waals surface area contributed by atoms with Crippen LogP contribution in [-0.4, -0.2) is 0 Å². The van der Waals surface area contributed by atoms with Gasteiger partial charge in [-0.25, -0.2) is 0 Å². The van der Waals surface area contributed by atoms with E-state index in [1.807, 2.05) is 0 Å². The summed E-state index contributed by atoms with van der Waals surface area (Å²) in [5.41, 5.74) is 23.8. The molecule has 0 unspecified atom stereocenters. The van der Waals surface area contributed by atoms with Gasteiger partial charge in [-0.15, -0.1) is 0 Å². The highest BCUT2D eigenvalue weighted by atomic mass is 79.9. The lowest BCUT2D eigenvalue weighted by molar-refractivity contribution is 0.747. The standard InChI is InChI=1S/C65H40Br2/c66-47-31-33-51-53-39-57-41(35-59(53)63(61(51)37-47,43-17-5-1-6-18-43)44-19-7-2-8-20-44)29-30-42-36-60-54(40-58(42)65(57)55-27-15-13-25-49(55)50-26-14-16-28-56(50)65)52-34-32-48(67)38-62(52)64(60,45-21-9-3-10-22-45)46-23-11-4-12-24-46/h1-40H. The molecule has 0 nitrogen and oxygen atoms in total. The summed E-state index contributed by atoms with van der Waals surface area (Å²) in [4.78, 5) is 0. The molecule has 0 aromatic heterocycles. The summed E-state index contributed by atoms with van der Waals surface area (Å²) >= 11 is 7.90. The van der Waals surface area contributed by atoms with E-state index >= 15 is 0 Å². The van der Waals surface area contributed by atoms with Crippen LogP contribution in [0.3, 0.4) is 0 Å². The van der Waals surface area contributed by atoms with Crippen LogP contribution in [-0.2, 0) is 16.2 Å². The van der Waals surface area contributed by atoms with Crippen molar-refractivity contribution in [3.63, 3.8) is 0 Å². The fourth-order valence-corrected chi connectivity index (χ4v) is 13.8. The van der Waals surface area contributed by atoms with E-state index in [0.29, 0.717) is 0 Å². The van der Waals surface area contributed by atoms with Gasteiger partial charge < -0.3 is 0 Å². The molecule has 0 N–H and O–H groups in total. The Kier molecular flexibility index (Phi) is 8.43. The zero-order valence-electron chi connectivity index (χ0n) is 36.3. The Balaban J connectivity index is 1.14. The van der Waals surface area contributed by atoms with Crippen molar-refractivity contribution in [2.24, 2.45) is 0 Å². The average molecular weight is 981 g/mol. The van der Waals surface area contributed by atoms with Crippen molar-refractivity contribution >= 4 is 44.0 Å². The molecule has 0 amide bonds. The normalized spacial score (nSPS) is 15.3. The van der Waals surface area contributed by atoms with E-state index in [1.54, 1.807) is 0 Å². The molecule has 0 saturated carbocycles. The van der Waals surface area contributed by atoms with Crippen LogP contribution in [0.1, 0.15) is 77.9 Å². The monoisotopic (exact) mass is 978 g/mol. The molecule has 314 valence electrons. The lowest BCUT2D eigenvalue weighted by Gasteiger charge is -2.38. The third kappa shape index (κ3) is 5.07. The minimum Gasteiger partial charge on any atom is -0.0622 e. The van der Waals surface area contributed by atoms with Crippen LogP contribution >= 0.6 is 31.9 Å². The molecule has 10 aromatic carbocycles. The van der Waals surface area contributed by atoms with Gasteiger partial charge in [-0.3, -0.25) is 0 Å². The predicted octanol–water partition coefficient (Wildman–Crippen LogP) is 16.8. The Morgan fingerprint density at radius 1 is 0.224 bits per heavy atom. The topological polar surface area (TPSA) is 0 Å². The minimum absolute atomic E-state index is 0.554. The van der Waals surface area contributed by atoms with Crippen molar-refractivity contribution in [3.05, 3.63) is 317 Å². The molecule has 2 heteroatoms. The molecule has 0 heterocycles. The number of hydrogen-bond acceptors (Lipinski definition) is 0. The average Bonchev–Trinajstić information content (AvgIpc) is 3.91. The first-order valence-electron chi connectivity index (χ1n) is 23.1. The van der Waals surface area contributed by atoms with Gasteiger partial charge in [0.25, 0.3) is 0 Å². The van der Waals surface area contributed by atoms with E-state index in [2.05, 4.69) is 275 Å². The van der Waals surface area contributed by atoms with E-state index in [9.17, 15) is 0 Å². The van der Waals surface area contributed by atoms with Gasteiger partial charge >= 0.3 is 0 Å². The number of rotatable bonds is 4. The summed E-state index contributed by atoms with van der Waals surface area (Å²) in [6.45, 7) is 0. The van der Waals surface area contributed by atoms with Crippen molar-refractivity contribution in [2.45, 2.75) is 16.2 Å². The molecule has 0 saturated heterocycles. The third-order valence-electron chi connectivity index (χ3n) is 15.6. The van der Waals surface area contributed by atoms with E-state index < -0.39 is 16.2 Å². The Morgan fingerprint density at radius 2 is 0.537 bits per heavy atom. The molecule has 1 spiro atoms. The largest absolute Gasteiger partial charge is 0.0725 e. The summed E-state index contributed by atoms with van der Waals surface area (Å²) in [7, 11) is 0. The molecular formula is C65H40Br2. The molecule has 10 aromatic rings. The van der Waals surface area contributed by atoms with Crippen molar-refractivity contribution in [1.82, 2.24) is 0 Å². The maximum atomic E-state index is 3.95. The second kappa shape index (κ2) is 14.4. The second-order valence-electron chi connectivity index (χ2n) is 18.5. The highest BCUT2D eigenvalue weighted by Crippen LogP contribution is 2.65. The fraction of sp³-hybridized carbons (Fsp3) is 0.0462. The molecule has 14 rings (SSSR count). The lowest BCUT2D eigenvalue weighted by Crippen LogP contribution is -2.32. The summed E-state index contributed by atoms with van der Waals surface area (Å²) in [6.07, 6.45) is 4.87. The first-order valence-corrected chi connectivity index (χ1v) is 24.7. The zero-order valence-corrected chi connectivity index (χ0v) is 39.5. The summed E-state index contributed by atoms with van der Waals surface area (Å²) in [6, 6.07) is 87.2. The Bertz CT molecular complexity index is 3370. The van der Waals surface area contributed by atoms with E-state index in [1.165, 1.54) is 111 Å². The molecule has 0 aliphatic heterocycles. The van der Waals surface area contributed by atoms with E-state index in [-0.39, 0.29) is 0 Å². The zero-order chi connectivity index (χ0) is 44.5. The van der Waals surface area contributed by atoms with Crippen molar-refractivity contribution in [3.8, 4) is 33.4 Å². The minimum atomic E-state index is -0.647. The molecule has 0 fully saturated rings. The quantitative estimate of drug-likeness (QED) is 0.165. The number of fused-ring (bicyclic) bond motifs is 15. The van der Waals surface area contributed by atoms with Gasteiger partial charge in [-0.2, -0.15) is 0 Å². The van der Waals surface area contributed by atoms with Gasteiger partial charge in [0.1, 0.15) is 0 Å². The molecule has 0 radical (unpaired) electrons. The molecule has 67 heavy (non-hydrogen) atoms. The highest BCUT2D eigenvalue weighted by molar-refractivity contribution is 9.10. The van der Waals surface area contributed by atoms with Gasteiger partial charge in [-0.1, -0.05) is 226 Å². The van der Waals surface area contributed by atoms with Crippen LogP contribution < -0.4 is 0 Å². The fourth-order valence-electron chi connectivity index (χ4n) is 13.1. The SMILES string of the molecule is Brc1ccc2c(c1)C(c1ccccc1)(c1ccccc1)c1cc3c(cc1-2)C1(c2cc4c(cc2C=C3)C(c2ccccc2)(c2ccccc2)c2cc(Br)ccc2-4)c2ccccc2-c2ccccc21. The number of hydrogen-bond donors (Lipinski definition) is 0. The first-order chi connectivity index (χ1) is 33.0. The predicted molar refractivity (Wildman–Crippen MR) is 283 cm³/mol. The lowest BCUT2D eigenvalue weighted by atomic mass is 9.63. The third-order valence-corrected chi connectivity index (χ3v) is 16.6. The Labute approximate surface area is 408 Å². The molecule has 0 atom stereocenters. The molecule has 4 aliphatic rings. The van der Waals surface area contributed by atoms with E-state index in [0.717, 1.165) is 8.95 Å². The van der Waals surface area contributed by atoms with Gasteiger partial charge in [0, 0.05) is 8.95 Å². The number of halogens is 2. The van der Waals surface area contributed by atoms with Crippen LogP contribution in [0.2, 0.25) is 0 Å². The maximum absolute atomic E-state index is 3.95. The van der Waals surface area contributed by atoms with Crippen LogP contribution in [0, 0.1) is 0 Å². The van der Waals surface area contributed by atoms with Crippen molar-refractivity contribution in [2.75, 3.05) is 0 Å². The Morgan fingerprint density at radius 3 is 0.910 bits per heavy atom. The first kappa shape index (κ1) is 39.1. The summed E-state index contributed by atoms with van der Waals surface area (Å²) in [5.74, 6) is 0. The van der Waals surface area contributed by atoms with Gasteiger partial charge in [-0.05, 0) is 160 Å². The maximum Gasteiger partial charge on any atom is 0.0725 e. The van der Waals surface area contributed by atoms with Crippen molar-refractivity contribution < 1.29 is 0 Å². The van der Waals surface area contributed by atoms with Crippen LogP contribution in [0.15, 0.2) is 239 Å². The van der Waals surface area contributed by atoms with Gasteiger partial charge in [0.05, 0.1) is 16.2 Å². The van der Waals surface area contributed by atoms with Crippen LogP contribution in [0.4, 0.5) is 0 Å². The molecular weight excluding hydrogens is 941 g/mol. The van der Waals surface area contributed by atoms with Crippen LogP contribution in [0.5, 0.6) is 0 Å². The molecule has 0 bridgehead atoms. The Hall–Kier alpha value is -7.10. The van der Waals surface area contributed by atoms with Crippen LogP contribution in [0.25, 0.3) is 45.5 Å².